The summed E-state index contributed by atoms with van der Waals surface area (Å²) < 4.78 is 25.5. The van der Waals surface area contributed by atoms with E-state index in [-0.39, 0.29) is 0 Å². The van der Waals surface area contributed by atoms with Gasteiger partial charge in [-0.3, -0.25) is 0 Å². The van der Waals surface area contributed by atoms with Crippen molar-refractivity contribution in [2.45, 2.75) is 12.1 Å². The summed E-state index contributed by atoms with van der Waals surface area (Å²) in [7, 11) is 0. The molecule has 0 radical (unpaired) electrons. The zero-order valence-corrected chi connectivity index (χ0v) is 5.55. The Bertz CT molecular complexity index is 245. The lowest BCUT2D eigenvalue weighted by atomic mass is 9.96. The highest BCUT2D eigenvalue weighted by molar-refractivity contribution is 5.81. The number of carboxylic acids is 1. The van der Waals surface area contributed by atoms with Crippen molar-refractivity contribution >= 4 is 5.97 Å². The van der Waals surface area contributed by atoms with E-state index in [1.807, 2.05) is 0 Å². The Labute approximate surface area is 61.8 Å². The first-order valence-electron chi connectivity index (χ1n) is 3.02. The van der Waals surface area contributed by atoms with Gasteiger partial charge in [-0.1, -0.05) is 12.2 Å². The van der Waals surface area contributed by atoms with Crippen LogP contribution in [0.1, 0.15) is 6.42 Å². The number of hydrogen-bond acceptors (Lipinski definition) is 1. The predicted octanol–water partition coefficient (Wildman–Crippen LogP) is 1.59. The van der Waals surface area contributed by atoms with Gasteiger partial charge >= 0.3 is 5.97 Å². The molecular formula is C7H6F2O2. The van der Waals surface area contributed by atoms with Gasteiger partial charge in [0.2, 0.25) is 0 Å². The van der Waals surface area contributed by atoms with Crippen molar-refractivity contribution in [2.75, 3.05) is 0 Å². The number of aliphatic carboxylic acids is 1. The fourth-order valence-corrected chi connectivity index (χ4v) is 0.802. The van der Waals surface area contributed by atoms with Crippen LogP contribution < -0.4 is 0 Å². The standard InChI is InChI=1S/C7H6F2O2/c8-5-3-1-2-4-7(5,9)6(10)11/h1-3H,4H2,(H,10,11). The van der Waals surface area contributed by atoms with Gasteiger partial charge in [-0.05, 0) is 6.08 Å². The zero-order chi connectivity index (χ0) is 8.48. The molecule has 2 nitrogen and oxygen atoms in total. The Balaban J connectivity index is 2.97. The summed E-state index contributed by atoms with van der Waals surface area (Å²) in [5.74, 6) is -3.02. The lowest BCUT2D eigenvalue weighted by Crippen LogP contribution is -2.34. The highest BCUT2D eigenvalue weighted by Crippen LogP contribution is 2.30. The number of carboxylic acid groups (broad SMARTS) is 1. The van der Waals surface area contributed by atoms with E-state index in [9.17, 15) is 13.6 Å². The van der Waals surface area contributed by atoms with Crippen LogP contribution in [-0.2, 0) is 4.79 Å². The average molecular weight is 160 g/mol. The number of allylic oxidation sites excluding steroid dienone is 3. The van der Waals surface area contributed by atoms with Crippen molar-refractivity contribution in [3.63, 3.8) is 0 Å². The minimum atomic E-state index is -2.84. The molecule has 0 spiro atoms. The smallest absolute Gasteiger partial charge is 0.349 e. The van der Waals surface area contributed by atoms with Crippen LogP contribution >= 0.6 is 0 Å². The van der Waals surface area contributed by atoms with Crippen molar-refractivity contribution < 1.29 is 18.7 Å². The number of rotatable bonds is 1. The van der Waals surface area contributed by atoms with Gasteiger partial charge in [-0.2, -0.15) is 0 Å². The molecule has 0 fully saturated rings. The molecule has 1 aliphatic carbocycles. The molecule has 60 valence electrons. The van der Waals surface area contributed by atoms with Gasteiger partial charge in [0.1, 0.15) is 5.83 Å². The number of halogens is 2. The summed E-state index contributed by atoms with van der Waals surface area (Å²) in [4.78, 5) is 10.2. The number of carbonyl (C=O) groups is 1. The lowest BCUT2D eigenvalue weighted by Gasteiger charge is -2.18. The van der Waals surface area contributed by atoms with E-state index in [2.05, 4.69) is 0 Å². The van der Waals surface area contributed by atoms with Gasteiger partial charge in [0.15, 0.2) is 0 Å². The van der Waals surface area contributed by atoms with E-state index in [1.54, 1.807) is 0 Å². The quantitative estimate of drug-likeness (QED) is 0.632. The van der Waals surface area contributed by atoms with E-state index < -0.39 is 23.9 Å². The topological polar surface area (TPSA) is 37.3 Å². The molecule has 4 heteroatoms. The lowest BCUT2D eigenvalue weighted by molar-refractivity contribution is -0.149. The number of alkyl halides is 1. The highest BCUT2D eigenvalue weighted by Gasteiger charge is 2.43. The minimum Gasteiger partial charge on any atom is -0.479 e. The van der Waals surface area contributed by atoms with Crippen molar-refractivity contribution in [2.24, 2.45) is 0 Å². The molecular weight excluding hydrogens is 154 g/mol. The van der Waals surface area contributed by atoms with Crippen molar-refractivity contribution in [1.29, 1.82) is 0 Å². The molecule has 1 unspecified atom stereocenters. The summed E-state index contributed by atoms with van der Waals surface area (Å²) in [6.45, 7) is 0. The SMILES string of the molecule is O=C(O)C1(F)CC=CC=C1F. The summed E-state index contributed by atoms with van der Waals surface area (Å²) in [6.07, 6.45) is 2.94. The van der Waals surface area contributed by atoms with Crippen molar-refractivity contribution in [3.05, 3.63) is 24.1 Å². The first kappa shape index (κ1) is 7.91. The second-order valence-corrected chi connectivity index (χ2v) is 2.25. The second kappa shape index (κ2) is 2.45. The van der Waals surface area contributed by atoms with Gasteiger partial charge in [0.25, 0.3) is 5.67 Å². The molecule has 0 aromatic heterocycles. The maximum absolute atomic E-state index is 13.0. The molecule has 0 aliphatic heterocycles. The van der Waals surface area contributed by atoms with E-state index in [0.29, 0.717) is 0 Å². The van der Waals surface area contributed by atoms with Crippen LogP contribution in [0.4, 0.5) is 8.78 Å². The fraction of sp³-hybridized carbons (Fsp3) is 0.286. The summed E-state index contributed by atoms with van der Waals surface area (Å²) in [6, 6.07) is 0. The van der Waals surface area contributed by atoms with E-state index >= 15 is 0 Å². The van der Waals surface area contributed by atoms with E-state index in [4.69, 9.17) is 5.11 Å². The second-order valence-electron chi connectivity index (χ2n) is 2.25. The van der Waals surface area contributed by atoms with Gasteiger partial charge in [-0.25, -0.2) is 13.6 Å². The maximum atomic E-state index is 13.0. The predicted molar refractivity (Wildman–Crippen MR) is 34.4 cm³/mol. The van der Waals surface area contributed by atoms with Crippen molar-refractivity contribution in [3.8, 4) is 0 Å². The summed E-state index contributed by atoms with van der Waals surface area (Å²) in [5.41, 5.74) is -2.84. The largest absolute Gasteiger partial charge is 0.479 e. The molecule has 1 N–H and O–H groups in total. The van der Waals surface area contributed by atoms with Gasteiger partial charge < -0.3 is 5.11 Å². The molecule has 0 aromatic carbocycles. The van der Waals surface area contributed by atoms with Crippen LogP contribution in [0, 0.1) is 0 Å². The first-order chi connectivity index (χ1) is 5.07. The Morgan fingerprint density at radius 1 is 1.73 bits per heavy atom. The summed E-state index contributed by atoms with van der Waals surface area (Å²) >= 11 is 0. The van der Waals surface area contributed by atoms with Gasteiger partial charge in [-0.15, -0.1) is 0 Å². The molecule has 1 aliphatic rings. The molecule has 0 bridgehead atoms. The van der Waals surface area contributed by atoms with Crippen molar-refractivity contribution in [1.82, 2.24) is 0 Å². The third-order valence-electron chi connectivity index (χ3n) is 1.50. The molecule has 1 rings (SSSR count). The van der Waals surface area contributed by atoms with Crippen LogP contribution in [0.3, 0.4) is 0 Å². The van der Waals surface area contributed by atoms with Crippen LogP contribution in [0.5, 0.6) is 0 Å². The van der Waals surface area contributed by atoms with E-state index in [1.165, 1.54) is 12.2 Å². The molecule has 0 heterocycles. The Hall–Kier alpha value is -1.19. The Morgan fingerprint density at radius 3 is 2.73 bits per heavy atom. The Kier molecular flexibility index (Phi) is 1.76. The minimum absolute atomic E-state index is 0.440. The van der Waals surface area contributed by atoms with Gasteiger partial charge in [0.05, 0.1) is 0 Å². The van der Waals surface area contributed by atoms with Gasteiger partial charge in [0, 0.05) is 6.42 Å². The Morgan fingerprint density at radius 2 is 2.36 bits per heavy atom. The molecule has 0 saturated carbocycles. The van der Waals surface area contributed by atoms with Crippen LogP contribution in [0.2, 0.25) is 0 Å². The first-order valence-corrected chi connectivity index (χ1v) is 3.02. The average Bonchev–Trinajstić information content (AvgIpc) is 1.95. The maximum Gasteiger partial charge on any atom is 0.349 e. The third kappa shape index (κ3) is 1.15. The van der Waals surface area contributed by atoms with E-state index in [0.717, 1.165) is 6.08 Å². The third-order valence-corrected chi connectivity index (χ3v) is 1.50. The fourth-order valence-electron chi connectivity index (χ4n) is 0.802. The molecule has 0 amide bonds. The van der Waals surface area contributed by atoms with Crippen LogP contribution in [-0.4, -0.2) is 16.7 Å². The van der Waals surface area contributed by atoms with Crippen LogP contribution in [0.25, 0.3) is 0 Å². The summed E-state index contributed by atoms with van der Waals surface area (Å²) in [5, 5.41) is 8.28. The molecule has 0 saturated heterocycles. The highest BCUT2D eigenvalue weighted by atomic mass is 19.2. The monoisotopic (exact) mass is 160 g/mol. The normalized spacial score (nSPS) is 29.8. The molecule has 1 atom stereocenters. The number of hydrogen-bond donors (Lipinski definition) is 1. The molecule has 0 aromatic rings. The zero-order valence-electron chi connectivity index (χ0n) is 5.55. The molecule has 11 heavy (non-hydrogen) atoms. The van der Waals surface area contributed by atoms with Crippen LogP contribution in [0.15, 0.2) is 24.1 Å².